The molecule has 0 N–H and O–H groups in total. The van der Waals surface area contributed by atoms with E-state index in [0.29, 0.717) is 23.4 Å². The highest BCUT2D eigenvalue weighted by Gasteiger charge is 2.37. The van der Waals surface area contributed by atoms with Crippen LogP contribution in [0.2, 0.25) is 0 Å². The maximum absolute atomic E-state index is 12.8. The second-order valence-electron chi connectivity index (χ2n) is 5.68. The fourth-order valence-corrected chi connectivity index (χ4v) is 2.94. The molecular weight excluding hydrogens is 324 g/mol. The van der Waals surface area contributed by atoms with Gasteiger partial charge in [-0.15, -0.1) is 0 Å². The summed E-state index contributed by atoms with van der Waals surface area (Å²) in [6.45, 7) is 0. The average Bonchev–Trinajstić information content (AvgIpc) is 3.02. The number of carbonyl (C=O) groups excluding carboxylic acids is 2. The molecule has 25 heavy (non-hydrogen) atoms. The largest absolute Gasteiger partial charge is 0.497 e. The van der Waals surface area contributed by atoms with Crippen molar-refractivity contribution in [2.75, 3.05) is 12.0 Å². The van der Waals surface area contributed by atoms with Crippen LogP contribution in [0.1, 0.15) is 23.2 Å². The molecule has 7 heteroatoms. The Hall–Kier alpha value is -3.22. The molecule has 1 atom stereocenters. The van der Waals surface area contributed by atoms with Crippen LogP contribution in [-0.2, 0) is 4.79 Å². The summed E-state index contributed by atoms with van der Waals surface area (Å²) in [6.07, 6.45) is 0.704. The molecule has 0 saturated carbocycles. The van der Waals surface area contributed by atoms with Crippen molar-refractivity contribution in [3.05, 3.63) is 64.2 Å². The molecule has 2 aromatic carbocycles. The fraction of sp³-hybridized carbons (Fsp3) is 0.222. The molecule has 1 heterocycles. The summed E-state index contributed by atoms with van der Waals surface area (Å²) in [5.74, 6) is 0.315. The molecule has 1 unspecified atom stereocenters. The topological polar surface area (TPSA) is 89.8 Å². The Morgan fingerprint density at radius 3 is 2.36 bits per heavy atom. The van der Waals surface area contributed by atoms with Crippen molar-refractivity contribution in [1.82, 2.24) is 0 Å². The number of Topliss-reactive ketones (excluding diaryl/α,β-unsaturated/α-hetero) is 1. The van der Waals surface area contributed by atoms with Crippen LogP contribution in [-0.4, -0.2) is 29.8 Å². The van der Waals surface area contributed by atoms with Crippen molar-refractivity contribution in [2.45, 2.75) is 18.9 Å². The number of hydrogen-bond donors (Lipinski definition) is 0. The lowest BCUT2D eigenvalue weighted by Crippen LogP contribution is -2.38. The number of ketones is 1. The van der Waals surface area contributed by atoms with Crippen LogP contribution in [0.4, 0.5) is 11.4 Å². The van der Waals surface area contributed by atoms with Crippen molar-refractivity contribution >= 4 is 23.1 Å². The number of carbonyl (C=O) groups is 2. The lowest BCUT2D eigenvalue weighted by atomic mass is 10.0. The Bertz CT molecular complexity index is 814. The van der Waals surface area contributed by atoms with E-state index in [0.717, 1.165) is 0 Å². The van der Waals surface area contributed by atoms with Gasteiger partial charge in [0.2, 0.25) is 5.91 Å². The van der Waals surface area contributed by atoms with Crippen molar-refractivity contribution in [3.8, 4) is 5.75 Å². The molecule has 7 nitrogen and oxygen atoms in total. The van der Waals surface area contributed by atoms with Crippen LogP contribution in [0.15, 0.2) is 48.5 Å². The minimum Gasteiger partial charge on any atom is -0.497 e. The summed E-state index contributed by atoms with van der Waals surface area (Å²) >= 11 is 0. The molecule has 0 radical (unpaired) electrons. The summed E-state index contributed by atoms with van der Waals surface area (Å²) in [6, 6.07) is 11.8. The molecule has 1 amide bonds. The van der Waals surface area contributed by atoms with Crippen LogP contribution >= 0.6 is 0 Å². The third-order valence-corrected chi connectivity index (χ3v) is 4.23. The Morgan fingerprint density at radius 2 is 1.80 bits per heavy atom. The first-order chi connectivity index (χ1) is 12.0. The highest BCUT2D eigenvalue weighted by molar-refractivity contribution is 6.10. The van der Waals surface area contributed by atoms with Crippen LogP contribution in [0, 0.1) is 10.1 Å². The third kappa shape index (κ3) is 3.21. The summed E-state index contributed by atoms with van der Waals surface area (Å²) in [5, 5.41) is 10.7. The van der Waals surface area contributed by atoms with Gasteiger partial charge in [0.1, 0.15) is 11.8 Å². The van der Waals surface area contributed by atoms with Gasteiger partial charge in [0.25, 0.3) is 5.69 Å². The highest BCUT2D eigenvalue weighted by atomic mass is 16.6. The fourth-order valence-electron chi connectivity index (χ4n) is 2.94. The van der Waals surface area contributed by atoms with Gasteiger partial charge in [0.15, 0.2) is 5.78 Å². The number of nitro benzene ring substituents is 1. The number of anilines is 1. The number of methoxy groups -OCH3 is 1. The summed E-state index contributed by atoms with van der Waals surface area (Å²) in [5.41, 5.74) is 0.901. The van der Waals surface area contributed by atoms with E-state index in [1.807, 2.05) is 0 Å². The van der Waals surface area contributed by atoms with Crippen LogP contribution in [0.3, 0.4) is 0 Å². The van der Waals surface area contributed by atoms with Crippen LogP contribution < -0.4 is 9.64 Å². The van der Waals surface area contributed by atoms with Gasteiger partial charge in [-0.2, -0.15) is 0 Å². The molecule has 1 saturated heterocycles. The number of amides is 1. The molecule has 128 valence electrons. The number of benzene rings is 2. The zero-order valence-corrected chi connectivity index (χ0v) is 13.5. The van der Waals surface area contributed by atoms with E-state index in [1.165, 1.54) is 29.2 Å². The molecule has 3 rings (SSSR count). The molecule has 1 aliphatic heterocycles. The molecule has 2 aromatic rings. The normalized spacial score (nSPS) is 16.8. The maximum Gasteiger partial charge on any atom is 0.269 e. The number of hydrogen-bond acceptors (Lipinski definition) is 5. The molecular formula is C18H16N2O5. The number of non-ortho nitro benzene ring substituents is 1. The van der Waals surface area contributed by atoms with Gasteiger partial charge in [-0.3, -0.25) is 19.7 Å². The minimum absolute atomic E-state index is 0.0777. The minimum atomic E-state index is -0.609. The summed E-state index contributed by atoms with van der Waals surface area (Å²) in [4.78, 5) is 36.8. The highest BCUT2D eigenvalue weighted by Crippen LogP contribution is 2.30. The Morgan fingerprint density at radius 1 is 1.16 bits per heavy atom. The Kier molecular flexibility index (Phi) is 4.47. The van der Waals surface area contributed by atoms with E-state index in [9.17, 15) is 19.7 Å². The van der Waals surface area contributed by atoms with Crippen molar-refractivity contribution in [1.29, 1.82) is 0 Å². The number of ether oxygens (including phenoxy) is 1. The van der Waals surface area contributed by atoms with Gasteiger partial charge in [0, 0.05) is 29.8 Å². The van der Waals surface area contributed by atoms with E-state index in [-0.39, 0.29) is 23.8 Å². The number of nitrogens with zero attached hydrogens (tertiary/aromatic N) is 2. The lowest BCUT2D eigenvalue weighted by molar-refractivity contribution is -0.384. The zero-order valence-electron chi connectivity index (χ0n) is 13.5. The van der Waals surface area contributed by atoms with E-state index < -0.39 is 11.0 Å². The monoisotopic (exact) mass is 340 g/mol. The lowest BCUT2D eigenvalue weighted by Gasteiger charge is -2.24. The van der Waals surface area contributed by atoms with Gasteiger partial charge >= 0.3 is 0 Å². The second kappa shape index (κ2) is 6.72. The number of nitro groups is 1. The molecule has 0 aromatic heterocycles. The van der Waals surface area contributed by atoms with E-state index in [1.54, 1.807) is 31.4 Å². The van der Waals surface area contributed by atoms with Gasteiger partial charge in [-0.1, -0.05) is 0 Å². The average molecular weight is 340 g/mol. The second-order valence-corrected chi connectivity index (χ2v) is 5.68. The SMILES string of the molecule is COc1ccc(N2C(=O)CCC2C(=O)c2ccc([N+](=O)[O-])cc2)cc1. The third-order valence-electron chi connectivity index (χ3n) is 4.23. The van der Waals surface area contributed by atoms with Gasteiger partial charge in [0.05, 0.1) is 12.0 Å². The quantitative estimate of drug-likeness (QED) is 0.474. The molecule has 0 aliphatic carbocycles. The van der Waals surface area contributed by atoms with Crippen LogP contribution in [0.25, 0.3) is 0 Å². The van der Waals surface area contributed by atoms with E-state index >= 15 is 0 Å². The molecule has 1 fully saturated rings. The van der Waals surface area contributed by atoms with Gasteiger partial charge < -0.3 is 9.64 Å². The van der Waals surface area contributed by atoms with Crippen molar-refractivity contribution < 1.29 is 19.2 Å². The first kappa shape index (κ1) is 16.6. The Balaban J connectivity index is 1.87. The number of rotatable bonds is 5. The smallest absolute Gasteiger partial charge is 0.269 e. The van der Waals surface area contributed by atoms with Crippen molar-refractivity contribution in [3.63, 3.8) is 0 Å². The predicted octanol–water partition coefficient (Wildman–Crippen LogP) is 2.98. The first-order valence-electron chi connectivity index (χ1n) is 7.76. The summed E-state index contributed by atoms with van der Waals surface area (Å²) < 4.78 is 5.11. The zero-order chi connectivity index (χ0) is 18.0. The van der Waals surface area contributed by atoms with Gasteiger partial charge in [-0.05, 0) is 42.8 Å². The molecule has 1 aliphatic rings. The standard InChI is InChI=1S/C18H16N2O5/c1-25-15-8-6-13(7-9-15)19-16(10-11-17(19)21)18(22)12-2-4-14(5-3-12)20(23)24/h2-9,16H,10-11H2,1H3. The Labute approximate surface area is 144 Å². The molecule has 0 bridgehead atoms. The van der Waals surface area contributed by atoms with E-state index in [4.69, 9.17) is 4.74 Å². The molecule has 0 spiro atoms. The summed E-state index contributed by atoms with van der Waals surface area (Å²) in [7, 11) is 1.55. The van der Waals surface area contributed by atoms with Gasteiger partial charge in [-0.25, -0.2) is 0 Å². The predicted molar refractivity (Wildman–Crippen MR) is 90.9 cm³/mol. The maximum atomic E-state index is 12.8. The van der Waals surface area contributed by atoms with Crippen molar-refractivity contribution in [2.24, 2.45) is 0 Å². The first-order valence-corrected chi connectivity index (χ1v) is 7.76. The van der Waals surface area contributed by atoms with E-state index in [2.05, 4.69) is 0 Å². The van der Waals surface area contributed by atoms with Crippen LogP contribution in [0.5, 0.6) is 5.75 Å².